The van der Waals surface area contributed by atoms with Gasteiger partial charge >= 0.3 is 0 Å². The summed E-state index contributed by atoms with van der Waals surface area (Å²) in [7, 11) is -3.10. The Kier molecular flexibility index (Phi) is 4.50. The maximum atomic E-state index is 11.4. The van der Waals surface area contributed by atoms with Crippen LogP contribution in [0.2, 0.25) is 0 Å². The number of benzene rings is 1. The van der Waals surface area contributed by atoms with Gasteiger partial charge in [0.25, 0.3) is 0 Å². The van der Waals surface area contributed by atoms with Gasteiger partial charge in [-0.1, -0.05) is 6.07 Å². The van der Waals surface area contributed by atoms with Crippen molar-refractivity contribution in [2.45, 2.75) is 31.1 Å². The molecular weight excluding hydrogens is 222 g/mol. The molecule has 1 rings (SSSR count). The molecule has 0 aliphatic carbocycles. The van der Waals surface area contributed by atoms with Gasteiger partial charge in [-0.25, -0.2) is 8.42 Å². The van der Waals surface area contributed by atoms with E-state index in [-0.39, 0.29) is 0 Å². The van der Waals surface area contributed by atoms with Gasteiger partial charge in [0.1, 0.15) is 0 Å². The highest BCUT2D eigenvalue weighted by atomic mass is 32.2. The molecule has 2 N–H and O–H groups in total. The van der Waals surface area contributed by atoms with Gasteiger partial charge in [0, 0.05) is 6.26 Å². The minimum atomic E-state index is -3.10. The number of aryl methyl sites for hydroxylation is 2. The van der Waals surface area contributed by atoms with Crippen LogP contribution < -0.4 is 5.73 Å². The minimum absolute atomic E-state index is 0.412. The summed E-state index contributed by atoms with van der Waals surface area (Å²) in [5.74, 6) is 0. The number of hydrogen-bond donors (Lipinski definition) is 1. The molecule has 90 valence electrons. The summed E-state index contributed by atoms with van der Waals surface area (Å²) in [6, 6.07) is 5.51. The third-order valence-corrected chi connectivity index (χ3v) is 3.55. The molecule has 0 spiro atoms. The Hall–Kier alpha value is -0.870. The molecule has 16 heavy (non-hydrogen) atoms. The lowest BCUT2D eigenvalue weighted by Crippen LogP contribution is -2.01. The van der Waals surface area contributed by atoms with Crippen molar-refractivity contribution in [1.82, 2.24) is 0 Å². The average Bonchev–Trinajstić information content (AvgIpc) is 2.16. The summed E-state index contributed by atoms with van der Waals surface area (Å²) in [5.41, 5.74) is 7.49. The molecule has 0 unspecified atom stereocenters. The van der Waals surface area contributed by atoms with Crippen LogP contribution in [0.3, 0.4) is 0 Å². The molecule has 0 saturated carbocycles. The van der Waals surface area contributed by atoms with Crippen LogP contribution in [0.5, 0.6) is 0 Å². The summed E-state index contributed by atoms with van der Waals surface area (Å²) in [5, 5.41) is 0. The molecule has 4 heteroatoms. The summed E-state index contributed by atoms with van der Waals surface area (Å²) in [6.45, 7) is 2.60. The maximum absolute atomic E-state index is 11.4. The summed E-state index contributed by atoms with van der Waals surface area (Å²) < 4.78 is 22.9. The third kappa shape index (κ3) is 3.94. The minimum Gasteiger partial charge on any atom is -0.330 e. The zero-order chi connectivity index (χ0) is 12.2. The lowest BCUT2D eigenvalue weighted by atomic mass is 10.1. The predicted molar refractivity (Wildman–Crippen MR) is 66.3 cm³/mol. The van der Waals surface area contributed by atoms with Crippen molar-refractivity contribution in [3.63, 3.8) is 0 Å². The van der Waals surface area contributed by atoms with Crippen LogP contribution in [0.1, 0.15) is 24.0 Å². The van der Waals surface area contributed by atoms with Crippen molar-refractivity contribution in [3.05, 3.63) is 29.3 Å². The quantitative estimate of drug-likeness (QED) is 0.798. The first kappa shape index (κ1) is 13.2. The van der Waals surface area contributed by atoms with Crippen LogP contribution in [-0.2, 0) is 16.3 Å². The molecule has 0 aliphatic rings. The van der Waals surface area contributed by atoms with E-state index in [1.165, 1.54) is 6.26 Å². The first-order chi connectivity index (χ1) is 7.43. The van der Waals surface area contributed by atoms with Crippen LogP contribution >= 0.6 is 0 Å². The first-order valence-corrected chi connectivity index (χ1v) is 7.33. The fraction of sp³-hybridized carbons (Fsp3) is 0.500. The molecule has 1 aromatic rings. The molecule has 0 radical (unpaired) electrons. The van der Waals surface area contributed by atoms with E-state index in [1.807, 2.05) is 13.0 Å². The van der Waals surface area contributed by atoms with Crippen LogP contribution in [0.15, 0.2) is 23.1 Å². The second kappa shape index (κ2) is 5.46. The normalized spacial score (nSPS) is 11.7. The molecular formula is C12H19NO2S. The van der Waals surface area contributed by atoms with Gasteiger partial charge in [-0.3, -0.25) is 0 Å². The molecule has 0 bridgehead atoms. The van der Waals surface area contributed by atoms with E-state index < -0.39 is 9.84 Å². The van der Waals surface area contributed by atoms with Crippen molar-refractivity contribution >= 4 is 9.84 Å². The standard InChI is InChI=1S/C12H19NO2S/c1-10-7-11(5-3-4-6-13)9-12(8-10)16(2,14)15/h7-9H,3-6,13H2,1-2H3. The summed E-state index contributed by atoms with van der Waals surface area (Å²) in [4.78, 5) is 0.412. The van der Waals surface area contributed by atoms with Crippen LogP contribution in [0, 0.1) is 6.92 Å². The fourth-order valence-electron chi connectivity index (χ4n) is 1.66. The zero-order valence-corrected chi connectivity index (χ0v) is 10.7. The van der Waals surface area contributed by atoms with Crippen molar-refractivity contribution < 1.29 is 8.42 Å². The lowest BCUT2D eigenvalue weighted by molar-refractivity contribution is 0.601. The molecule has 1 aromatic carbocycles. The number of rotatable bonds is 5. The molecule has 0 saturated heterocycles. The highest BCUT2D eigenvalue weighted by molar-refractivity contribution is 7.90. The lowest BCUT2D eigenvalue weighted by Gasteiger charge is -2.06. The average molecular weight is 241 g/mol. The second-order valence-corrected chi connectivity index (χ2v) is 6.19. The van der Waals surface area contributed by atoms with E-state index >= 15 is 0 Å². The van der Waals surface area contributed by atoms with Gasteiger partial charge in [0.2, 0.25) is 0 Å². The van der Waals surface area contributed by atoms with E-state index in [9.17, 15) is 8.42 Å². The van der Waals surface area contributed by atoms with E-state index in [1.54, 1.807) is 12.1 Å². The fourth-order valence-corrected chi connectivity index (χ4v) is 2.42. The number of hydrogen-bond acceptors (Lipinski definition) is 3. The van der Waals surface area contributed by atoms with Gasteiger partial charge < -0.3 is 5.73 Å². The SMILES string of the molecule is Cc1cc(CCCCN)cc(S(C)(=O)=O)c1. The van der Waals surface area contributed by atoms with E-state index in [0.717, 1.165) is 30.4 Å². The summed E-state index contributed by atoms with van der Waals surface area (Å²) in [6.07, 6.45) is 4.11. The molecule has 0 aliphatic heterocycles. The highest BCUT2D eigenvalue weighted by Crippen LogP contribution is 2.16. The van der Waals surface area contributed by atoms with Gasteiger partial charge in [-0.2, -0.15) is 0 Å². The number of unbranched alkanes of at least 4 members (excludes halogenated alkanes) is 1. The van der Waals surface area contributed by atoms with Crippen molar-refractivity contribution in [3.8, 4) is 0 Å². The Balaban J connectivity index is 2.91. The van der Waals surface area contributed by atoms with Crippen LogP contribution in [0.25, 0.3) is 0 Å². The molecule has 0 atom stereocenters. The predicted octanol–water partition coefficient (Wildman–Crippen LogP) is 1.68. The molecule has 0 aromatic heterocycles. The second-order valence-electron chi connectivity index (χ2n) is 4.17. The van der Waals surface area contributed by atoms with Crippen molar-refractivity contribution in [2.24, 2.45) is 5.73 Å². The first-order valence-electron chi connectivity index (χ1n) is 5.44. The largest absolute Gasteiger partial charge is 0.330 e. The van der Waals surface area contributed by atoms with E-state index in [4.69, 9.17) is 5.73 Å². The molecule has 0 amide bonds. The van der Waals surface area contributed by atoms with E-state index in [2.05, 4.69) is 0 Å². The smallest absolute Gasteiger partial charge is 0.175 e. The van der Waals surface area contributed by atoms with Gasteiger partial charge in [-0.05, 0) is 56.0 Å². The van der Waals surface area contributed by atoms with Crippen LogP contribution in [0.4, 0.5) is 0 Å². The Bertz CT molecular complexity index is 452. The monoisotopic (exact) mass is 241 g/mol. The Morgan fingerprint density at radius 1 is 1.19 bits per heavy atom. The van der Waals surface area contributed by atoms with Crippen LogP contribution in [-0.4, -0.2) is 21.2 Å². The highest BCUT2D eigenvalue weighted by Gasteiger charge is 2.08. The number of sulfone groups is 1. The number of nitrogens with two attached hydrogens (primary N) is 1. The Labute approximate surface area is 97.6 Å². The van der Waals surface area contributed by atoms with Gasteiger partial charge in [0.15, 0.2) is 9.84 Å². The molecule has 0 fully saturated rings. The Morgan fingerprint density at radius 2 is 1.88 bits per heavy atom. The van der Waals surface area contributed by atoms with Gasteiger partial charge in [0.05, 0.1) is 4.90 Å². The van der Waals surface area contributed by atoms with Crippen molar-refractivity contribution in [1.29, 1.82) is 0 Å². The maximum Gasteiger partial charge on any atom is 0.175 e. The zero-order valence-electron chi connectivity index (χ0n) is 9.86. The summed E-state index contributed by atoms with van der Waals surface area (Å²) >= 11 is 0. The topological polar surface area (TPSA) is 60.2 Å². The van der Waals surface area contributed by atoms with Crippen molar-refractivity contribution in [2.75, 3.05) is 12.8 Å². The van der Waals surface area contributed by atoms with Gasteiger partial charge in [-0.15, -0.1) is 0 Å². The van der Waals surface area contributed by atoms with E-state index in [0.29, 0.717) is 11.4 Å². The molecule has 0 heterocycles. The Morgan fingerprint density at radius 3 is 2.44 bits per heavy atom. The molecule has 3 nitrogen and oxygen atoms in total. The third-order valence-electron chi connectivity index (χ3n) is 2.46.